The molecule has 0 rings (SSSR count). The first-order valence-corrected chi connectivity index (χ1v) is 5.63. The van der Waals surface area contributed by atoms with Gasteiger partial charge in [-0.25, -0.2) is 0 Å². The largest absolute Gasteiger partial charge is 0.392 e. The standard InChI is InChI=1S/C11H25NO2/c1-4-10(5-2)11(13)9-12-7-6-8-14-3/h10-13H,4-9H2,1-3H3. The molecule has 0 fully saturated rings. The number of aliphatic hydroxyl groups is 1. The highest BCUT2D eigenvalue weighted by Gasteiger charge is 2.14. The van der Waals surface area contributed by atoms with Gasteiger partial charge in [0.1, 0.15) is 0 Å². The first-order valence-electron chi connectivity index (χ1n) is 5.63. The van der Waals surface area contributed by atoms with Crippen molar-refractivity contribution in [3.8, 4) is 0 Å². The summed E-state index contributed by atoms with van der Waals surface area (Å²) in [6.07, 6.45) is 2.91. The zero-order valence-electron chi connectivity index (χ0n) is 9.75. The van der Waals surface area contributed by atoms with E-state index in [4.69, 9.17) is 4.74 Å². The van der Waals surface area contributed by atoms with Gasteiger partial charge in [-0.2, -0.15) is 0 Å². The van der Waals surface area contributed by atoms with Crippen LogP contribution in [0, 0.1) is 5.92 Å². The molecule has 0 spiro atoms. The highest BCUT2D eigenvalue weighted by Crippen LogP contribution is 2.11. The molecule has 1 unspecified atom stereocenters. The molecule has 14 heavy (non-hydrogen) atoms. The third-order valence-corrected chi connectivity index (χ3v) is 2.65. The number of aliphatic hydroxyl groups excluding tert-OH is 1. The SMILES string of the molecule is CCC(CC)C(O)CNCCCOC. The summed E-state index contributed by atoms with van der Waals surface area (Å²) < 4.78 is 4.94. The molecule has 0 aliphatic rings. The Balaban J connectivity index is 3.37. The number of rotatable bonds is 9. The molecule has 2 N–H and O–H groups in total. The lowest BCUT2D eigenvalue weighted by Gasteiger charge is -2.20. The van der Waals surface area contributed by atoms with E-state index in [0.717, 1.165) is 32.4 Å². The molecule has 86 valence electrons. The zero-order valence-corrected chi connectivity index (χ0v) is 9.75. The topological polar surface area (TPSA) is 41.5 Å². The smallest absolute Gasteiger partial charge is 0.0692 e. The second-order valence-corrected chi connectivity index (χ2v) is 3.69. The van der Waals surface area contributed by atoms with Crippen molar-refractivity contribution in [1.29, 1.82) is 0 Å². The van der Waals surface area contributed by atoms with Gasteiger partial charge in [-0.15, -0.1) is 0 Å². The highest BCUT2D eigenvalue weighted by molar-refractivity contribution is 4.68. The van der Waals surface area contributed by atoms with Gasteiger partial charge in [-0.3, -0.25) is 0 Å². The Bertz CT molecular complexity index is 116. The maximum atomic E-state index is 9.77. The Morgan fingerprint density at radius 2 is 1.93 bits per heavy atom. The predicted molar refractivity (Wildman–Crippen MR) is 59.4 cm³/mol. The fraction of sp³-hybridized carbons (Fsp3) is 1.00. The molecule has 0 aliphatic carbocycles. The molecule has 0 aromatic rings. The minimum Gasteiger partial charge on any atom is -0.392 e. The van der Waals surface area contributed by atoms with Crippen LogP contribution in [0.1, 0.15) is 33.1 Å². The van der Waals surface area contributed by atoms with E-state index in [1.54, 1.807) is 7.11 Å². The Hall–Kier alpha value is -0.120. The van der Waals surface area contributed by atoms with Gasteiger partial charge in [0.2, 0.25) is 0 Å². The molecule has 0 aliphatic heterocycles. The molecule has 0 saturated heterocycles. The first kappa shape index (κ1) is 13.9. The Morgan fingerprint density at radius 3 is 2.43 bits per heavy atom. The predicted octanol–water partition coefficient (Wildman–Crippen LogP) is 1.41. The van der Waals surface area contributed by atoms with Crippen LogP contribution in [0.5, 0.6) is 0 Å². The zero-order chi connectivity index (χ0) is 10.8. The molecule has 0 saturated carbocycles. The monoisotopic (exact) mass is 203 g/mol. The fourth-order valence-electron chi connectivity index (χ4n) is 1.59. The van der Waals surface area contributed by atoms with Crippen molar-refractivity contribution in [2.45, 2.75) is 39.2 Å². The molecular weight excluding hydrogens is 178 g/mol. The Morgan fingerprint density at radius 1 is 1.29 bits per heavy atom. The van der Waals surface area contributed by atoms with Crippen molar-refractivity contribution < 1.29 is 9.84 Å². The summed E-state index contributed by atoms with van der Waals surface area (Å²) in [4.78, 5) is 0. The van der Waals surface area contributed by atoms with Crippen LogP contribution >= 0.6 is 0 Å². The quantitative estimate of drug-likeness (QED) is 0.557. The maximum Gasteiger partial charge on any atom is 0.0692 e. The van der Waals surface area contributed by atoms with E-state index < -0.39 is 0 Å². The number of hydrogen-bond acceptors (Lipinski definition) is 3. The third kappa shape index (κ3) is 6.35. The van der Waals surface area contributed by atoms with E-state index in [1.165, 1.54) is 0 Å². The molecular formula is C11H25NO2. The van der Waals surface area contributed by atoms with Gasteiger partial charge in [0.05, 0.1) is 6.10 Å². The van der Waals surface area contributed by atoms with Gasteiger partial charge in [0.15, 0.2) is 0 Å². The third-order valence-electron chi connectivity index (χ3n) is 2.65. The molecule has 3 heteroatoms. The van der Waals surface area contributed by atoms with Crippen LogP contribution in [0.2, 0.25) is 0 Å². The molecule has 1 atom stereocenters. The van der Waals surface area contributed by atoms with E-state index >= 15 is 0 Å². The van der Waals surface area contributed by atoms with Gasteiger partial charge in [0, 0.05) is 20.3 Å². The summed E-state index contributed by atoms with van der Waals surface area (Å²) >= 11 is 0. The van der Waals surface area contributed by atoms with Crippen molar-refractivity contribution in [3.05, 3.63) is 0 Å². The number of nitrogens with one attached hydrogen (secondary N) is 1. The minimum atomic E-state index is -0.201. The van der Waals surface area contributed by atoms with E-state index in [9.17, 15) is 5.11 Å². The van der Waals surface area contributed by atoms with Gasteiger partial charge in [-0.05, 0) is 18.9 Å². The van der Waals surface area contributed by atoms with Gasteiger partial charge in [-0.1, -0.05) is 26.7 Å². The normalized spacial score (nSPS) is 13.5. The molecule has 0 aromatic carbocycles. The molecule has 0 heterocycles. The van der Waals surface area contributed by atoms with E-state index in [2.05, 4.69) is 19.2 Å². The van der Waals surface area contributed by atoms with E-state index in [-0.39, 0.29) is 6.10 Å². The Kier molecular flexibility index (Phi) is 9.35. The minimum absolute atomic E-state index is 0.201. The lowest BCUT2D eigenvalue weighted by Crippen LogP contribution is -2.33. The lowest BCUT2D eigenvalue weighted by molar-refractivity contribution is 0.100. The molecule has 0 radical (unpaired) electrons. The maximum absolute atomic E-state index is 9.77. The summed E-state index contributed by atoms with van der Waals surface area (Å²) in [5.41, 5.74) is 0. The molecule has 0 bridgehead atoms. The fourth-order valence-corrected chi connectivity index (χ4v) is 1.59. The van der Waals surface area contributed by atoms with Crippen LogP contribution in [0.4, 0.5) is 0 Å². The van der Waals surface area contributed by atoms with Crippen LogP contribution in [0.3, 0.4) is 0 Å². The number of hydrogen-bond donors (Lipinski definition) is 2. The second-order valence-electron chi connectivity index (χ2n) is 3.69. The van der Waals surface area contributed by atoms with Crippen LogP contribution < -0.4 is 5.32 Å². The number of methoxy groups -OCH3 is 1. The molecule has 3 nitrogen and oxygen atoms in total. The number of ether oxygens (including phenoxy) is 1. The summed E-state index contributed by atoms with van der Waals surface area (Å²) in [6, 6.07) is 0. The van der Waals surface area contributed by atoms with Crippen molar-refractivity contribution in [1.82, 2.24) is 5.32 Å². The van der Waals surface area contributed by atoms with Gasteiger partial charge >= 0.3 is 0 Å². The first-order chi connectivity index (χ1) is 6.76. The summed E-state index contributed by atoms with van der Waals surface area (Å²) in [7, 11) is 1.71. The molecule has 0 amide bonds. The lowest BCUT2D eigenvalue weighted by atomic mass is 9.96. The average Bonchev–Trinajstić information content (AvgIpc) is 2.19. The summed E-state index contributed by atoms with van der Waals surface area (Å²) in [5, 5.41) is 13.0. The average molecular weight is 203 g/mol. The summed E-state index contributed by atoms with van der Waals surface area (Å²) in [5.74, 6) is 0.435. The van der Waals surface area contributed by atoms with E-state index in [0.29, 0.717) is 12.5 Å². The van der Waals surface area contributed by atoms with Crippen LogP contribution in [0.25, 0.3) is 0 Å². The second kappa shape index (κ2) is 9.44. The van der Waals surface area contributed by atoms with Gasteiger partial charge in [0.25, 0.3) is 0 Å². The van der Waals surface area contributed by atoms with Crippen molar-refractivity contribution in [2.75, 3.05) is 26.8 Å². The van der Waals surface area contributed by atoms with Crippen LogP contribution in [-0.2, 0) is 4.74 Å². The highest BCUT2D eigenvalue weighted by atomic mass is 16.5. The van der Waals surface area contributed by atoms with Crippen LogP contribution in [-0.4, -0.2) is 38.0 Å². The Labute approximate surface area is 87.8 Å². The van der Waals surface area contributed by atoms with E-state index in [1.807, 2.05) is 0 Å². The molecule has 0 aromatic heterocycles. The van der Waals surface area contributed by atoms with Crippen LogP contribution in [0.15, 0.2) is 0 Å². The summed E-state index contributed by atoms with van der Waals surface area (Å²) in [6.45, 7) is 6.67. The van der Waals surface area contributed by atoms with Crippen molar-refractivity contribution >= 4 is 0 Å². The van der Waals surface area contributed by atoms with Gasteiger partial charge < -0.3 is 15.2 Å². The van der Waals surface area contributed by atoms with Crippen molar-refractivity contribution in [3.63, 3.8) is 0 Å². The van der Waals surface area contributed by atoms with Crippen molar-refractivity contribution in [2.24, 2.45) is 5.92 Å².